The van der Waals surface area contributed by atoms with Crippen LogP contribution < -0.4 is 5.32 Å². The van der Waals surface area contributed by atoms with Gasteiger partial charge >= 0.3 is 0 Å². The van der Waals surface area contributed by atoms with Crippen LogP contribution in [0.25, 0.3) is 0 Å². The zero-order chi connectivity index (χ0) is 9.31. The van der Waals surface area contributed by atoms with E-state index in [1.165, 1.54) is 0 Å². The minimum atomic E-state index is -0.696. The van der Waals surface area contributed by atoms with Crippen LogP contribution in [-0.4, -0.2) is 23.2 Å². The maximum absolute atomic E-state index is 10.2. The minimum absolute atomic E-state index is 0.638. The summed E-state index contributed by atoms with van der Waals surface area (Å²) in [5.41, 5.74) is 1.37. The van der Waals surface area contributed by atoms with Crippen LogP contribution in [0, 0.1) is 6.92 Å². The maximum Gasteiger partial charge on any atom is 0.105 e. The van der Waals surface area contributed by atoms with E-state index >= 15 is 0 Å². The number of nitrogens with one attached hydrogen (secondary N) is 1. The molecule has 0 amide bonds. The SMILES string of the molecule is Cc1ccncc1[C@]1(O)CCNC1. The third-order valence-corrected chi connectivity index (χ3v) is 2.67. The Hall–Kier alpha value is -0.930. The van der Waals surface area contributed by atoms with Crippen LogP contribution in [0.4, 0.5) is 0 Å². The number of hydrogen-bond donors (Lipinski definition) is 2. The topological polar surface area (TPSA) is 45.2 Å². The van der Waals surface area contributed by atoms with Crippen molar-refractivity contribution in [2.45, 2.75) is 18.9 Å². The van der Waals surface area contributed by atoms with Gasteiger partial charge in [-0.3, -0.25) is 4.98 Å². The number of aryl methyl sites for hydroxylation is 1. The molecule has 0 unspecified atom stereocenters. The summed E-state index contributed by atoms with van der Waals surface area (Å²) in [7, 11) is 0. The molecule has 1 aliphatic heterocycles. The molecule has 1 aliphatic rings. The van der Waals surface area contributed by atoms with Gasteiger partial charge in [0.25, 0.3) is 0 Å². The zero-order valence-corrected chi connectivity index (χ0v) is 7.75. The molecule has 3 nitrogen and oxygen atoms in total. The van der Waals surface area contributed by atoms with Crippen molar-refractivity contribution in [3.8, 4) is 0 Å². The molecule has 1 aromatic heterocycles. The number of pyridine rings is 1. The van der Waals surface area contributed by atoms with Crippen LogP contribution in [0.3, 0.4) is 0 Å². The first kappa shape index (κ1) is 8.66. The van der Waals surface area contributed by atoms with Crippen molar-refractivity contribution >= 4 is 0 Å². The molecule has 0 aromatic carbocycles. The van der Waals surface area contributed by atoms with E-state index in [0.717, 1.165) is 24.1 Å². The molecule has 1 fully saturated rings. The van der Waals surface area contributed by atoms with Gasteiger partial charge in [-0.15, -0.1) is 0 Å². The molecule has 2 N–H and O–H groups in total. The predicted octanol–water partition coefficient (Wildman–Crippen LogP) is 0.571. The van der Waals surface area contributed by atoms with Crippen LogP contribution in [0.1, 0.15) is 17.5 Å². The number of rotatable bonds is 1. The zero-order valence-electron chi connectivity index (χ0n) is 7.75. The summed E-state index contributed by atoms with van der Waals surface area (Å²) in [4.78, 5) is 4.05. The van der Waals surface area contributed by atoms with Crippen molar-refractivity contribution in [2.75, 3.05) is 13.1 Å². The fourth-order valence-corrected chi connectivity index (χ4v) is 1.86. The van der Waals surface area contributed by atoms with Gasteiger partial charge in [-0.2, -0.15) is 0 Å². The molecule has 3 heteroatoms. The molecule has 0 spiro atoms. The Morgan fingerprint density at radius 1 is 1.62 bits per heavy atom. The molecule has 0 radical (unpaired) electrons. The van der Waals surface area contributed by atoms with E-state index in [2.05, 4.69) is 10.3 Å². The second kappa shape index (κ2) is 3.09. The minimum Gasteiger partial charge on any atom is -0.384 e. The lowest BCUT2D eigenvalue weighted by molar-refractivity contribution is 0.0577. The first-order valence-electron chi connectivity index (χ1n) is 4.56. The Balaban J connectivity index is 2.39. The Labute approximate surface area is 77.8 Å². The lowest BCUT2D eigenvalue weighted by Crippen LogP contribution is -2.29. The summed E-state index contributed by atoms with van der Waals surface area (Å²) < 4.78 is 0. The second-order valence-electron chi connectivity index (χ2n) is 3.65. The third-order valence-electron chi connectivity index (χ3n) is 2.67. The quantitative estimate of drug-likeness (QED) is 0.661. The van der Waals surface area contributed by atoms with Gasteiger partial charge in [0.15, 0.2) is 0 Å². The van der Waals surface area contributed by atoms with E-state index in [1.807, 2.05) is 13.0 Å². The molecule has 13 heavy (non-hydrogen) atoms. The van der Waals surface area contributed by atoms with E-state index < -0.39 is 5.60 Å². The van der Waals surface area contributed by atoms with Gasteiger partial charge in [-0.25, -0.2) is 0 Å². The van der Waals surface area contributed by atoms with Gasteiger partial charge in [0.05, 0.1) is 0 Å². The fourth-order valence-electron chi connectivity index (χ4n) is 1.86. The van der Waals surface area contributed by atoms with Crippen molar-refractivity contribution in [3.05, 3.63) is 29.6 Å². The molecule has 2 rings (SSSR count). The highest BCUT2D eigenvalue weighted by Crippen LogP contribution is 2.28. The summed E-state index contributed by atoms with van der Waals surface area (Å²) in [5, 5.41) is 13.4. The lowest BCUT2D eigenvalue weighted by atomic mass is 9.91. The van der Waals surface area contributed by atoms with Crippen LogP contribution in [-0.2, 0) is 5.60 Å². The highest BCUT2D eigenvalue weighted by Gasteiger charge is 2.34. The number of nitrogens with zero attached hydrogens (tertiary/aromatic N) is 1. The molecule has 0 saturated carbocycles. The van der Waals surface area contributed by atoms with Crippen molar-refractivity contribution in [1.82, 2.24) is 10.3 Å². The second-order valence-corrected chi connectivity index (χ2v) is 3.65. The summed E-state index contributed by atoms with van der Waals surface area (Å²) in [6.45, 7) is 3.53. The average molecular weight is 178 g/mol. The van der Waals surface area contributed by atoms with Crippen LogP contribution in [0.15, 0.2) is 18.5 Å². The molecule has 1 saturated heterocycles. The molecule has 2 heterocycles. The highest BCUT2D eigenvalue weighted by atomic mass is 16.3. The maximum atomic E-state index is 10.2. The van der Waals surface area contributed by atoms with E-state index in [1.54, 1.807) is 12.4 Å². The summed E-state index contributed by atoms with van der Waals surface area (Å²) in [6.07, 6.45) is 4.30. The van der Waals surface area contributed by atoms with Crippen molar-refractivity contribution < 1.29 is 5.11 Å². The standard InChI is InChI=1S/C10H14N2O/c1-8-2-4-11-6-9(8)10(13)3-5-12-7-10/h2,4,6,12-13H,3,5,7H2,1H3/t10-/m0/s1. The van der Waals surface area contributed by atoms with Gasteiger partial charge in [0, 0.05) is 24.5 Å². The van der Waals surface area contributed by atoms with E-state index in [-0.39, 0.29) is 0 Å². The van der Waals surface area contributed by atoms with Crippen LogP contribution in [0.5, 0.6) is 0 Å². The molecular weight excluding hydrogens is 164 g/mol. The summed E-state index contributed by atoms with van der Waals surface area (Å²) >= 11 is 0. The van der Waals surface area contributed by atoms with Gasteiger partial charge in [0.1, 0.15) is 5.60 Å². The van der Waals surface area contributed by atoms with Crippen molar-refractivity contribution in [1.29, 1.82) is 0 Å². The van der Waals surface area contributed by atoms with E-state index in [4.69, 9.17) is 0 Å². The first-order valence-corrected chi connectivity index (χ1v) is 4.56. The largest absolute Gasteiger partial charge is 0.384 e. The molecule has 70 valence electrons. The average Bonchev–Trinajstić information content (AvgIpc) is 2.54. The number of β-amino-alcohol motifs (C(OH)–C–C–N with tert-alkyl or cyclic N) is 1. The first-order chi connectivity index (χ1) is 6.22. The summed E-state index contributed by atoms with van der Waals surface area (Å²) in [6, 6.07) is 1.94. The highest BCUT2D eigenvalue weighted by molar-refractivity contribution is 5.29. The number of aliphatic hydroxyl groups is 1. The molecular formula is C10H14N2O. The van der Waals surface area contributed by atoms with Crippen LogP contribution in [0.2, 0.25) is 0 Å². The Morgan fingerprint density at radius 2 is 2.46 bits per heavy atom. The van der Waals surface area contributed by atoms with E-state index in [9.17, 15) is 5.11 Å². The third kappa shape index (κ3) is 1.45. The molecule has 0 aliphatic carbocycles. The van der Waals surface area contributed by atoms with E-state index in [0.29, 0.717) is 6.54 Å². The molecule has 0 bridgehead atoms. The Morgan fingerprint density at radius 3 is 3.08 bits per heavy atom. The van der Waals surface area contributed by atoms with Crippen molar-refractivity contribution in [2.24, 2.45) is 0 Å². The monoisotopic (exact) mass is 178 g/mol. The number of hydrogen-bond acceptors (Lipinski definition) is 3. The van der Waals surface area contributed by atoms with Gasteiger partial charge in [0.2, 0.25) is 0 Å². The summed E-state index contributed by atoms with van der Waals surface area (Å²) in [5.74, 6) is 0. The molecule has 1 aromatic rings. The molecule has 1 atom stereocenters. The Bertz CT molecular complexity index is 306. The Kier molecular flexibility index (Phi) is 2.06. The lowest BCUT2D eigenvalue weighted by Gasteiger charge is -2.23. The predicted molar refractivity (Wildman–Crippen MR) is 50.4 cm³/mol. The number of aromatic nitrogens is 1. The van der Waals surface area contributed by atoms with Gasteiger partial charge < -0.3 is 10.4 Å². The van der Waals surface area contributed by atoms with Crippen molar-refractivity contribution in [3.63, 3.8) is 0 Å². The van der Waals surface area contributed by atoms with Gasteiger partial charge in [-0.1, -0.05) is 0 Å². The fraction of sp³-hybridized carbons (Fsp3) is 0.500. The smallest absolute Gasteiger partial charge is 0.105 e. The van der Waals surface area contributed by atoms with Crippen LogP contribution >= 0.6 is 0 Å². The van der Waals surface area contributed by atoms with Gasteiger partial charge in [-0.05, 0) is 31.5 Å². The normalized spacial score (nSPS) is 27.8.